The van der Waals surface area contributed by atoms with E-state index in [1.54, 1.807) is 14.0 Å². The van der Waals surface area contributed by atoms with Crippen molar-refractivity contribution in [1.29, 1.82) is 0 Å². The molecule has 0 heterocycles. The summed E-state index contributed by atoms with van der Waals surface area (Å²) in [6.45, 7) is 3.59. The van der Waals surface area contributed by atoms with Crippen LogP contribution in [-0.4, -0.2) is 46.7 Å². The highest BCUT2D eigenvalue weighted by Gasteiger charge is 2.20. The van der Waals surface area contributed by atoms with E-state index in [4.69, 9.17) is 4.74 Å². The van der Waals surface area contributed by atoms with Crippen LogP contribution in [0, 0.1) is 10.1 Å². The van der Waals surface area contributed by atoms with Crippen LogP contribution in [0.1, 0.15) is 12.5 Å². The zero-order valence-electron chi connectivity index (χ0n) is 12.7. The number of hydrogen-bond acceptors (Lipinski definition) is 6. The summed E-state index contributed by atoms with van der Waals surface area (Å²) in [5.74, 6) is 0. The third kappa shape index (κ3) is 5.34. The van der Waals surface area contributed by atoms with Crippen molar-refractivity contribution in [3.63, 3.8) is 0 Å². The van der Waals surface area contributed by atoms with Crippen molar-refractivity contribution in [2.75, 3.05) is 33.4 Å². The lowest BCUT2D eigenvalue weighted by Crippen LogP contribution is -2.33. The lowest BCUT2D eigenvalue weighted by atomic mass is 10.1. The number of nitrogens with zero attached hydrogens (tertiary/aromatic N) is 1. The van der Waals surface area contributed by atoms with Gasteiger partial charge in [-0.15, -0.1) is 0 Å². The zero-order valence-corrected chi connectivity index (χ0v) is 13.5. The van der Waals surface area contributed by atoms with Gasteiger partial charge in [0.2, 0.25) is 10.0 Å². The molecule has 0 bridgehead atoms. The van der Waals surface area contributed by atoms with Crippen molar-refractivity contribution in [3.8, 4) is 0 Å². The number of methoxy groups -OCH3 is 1. The number of nitrogens with one attached hydrogen (secondary N) is 2. The van der Waals surface area contributed by atoms with E-state index >= 15 is 0 Å². The van der Waals surface area contributed by atoms with Crippen LogP contribution in [0.25, 0.3) is 0 Å². The van der Waals surface area contributed by atoms with Gasteiger partial charge in [0.05, 0.1) is 16.4 Å². The molecule has 124 valence electrons. The summed E-state index contributed by atoms with van der Waals surface area (Å²) in [5.41, 5.74) is 0.307. The van der Waals surface area contributed by atoms with E-state index in [1.807, 2.05) is 0 Å². The second-order valence-corrected chi connectivity index (χ2v) is 6.28. The fourth-order valence-corrected chi connectivity index (χ4v) is 3.21. The van der Waals surface area contributed by atoms with Crippen molar-refractivity contribution in [1.82, 2.24) is 10.0 Å². The zero-order chi connectivity index (χ0) is 16.6. The molecule has 0 aliphatic carbocycles. The molecule has 0 saturated carbocycles. The molecular formula is C13H21N3O5S. The third-order valence-electron chi connectivity index (χ3n) is 3.01. The molecule has 2 N–H and O–H groups in total. The lowest BCUT2D eigenvalue weighted by molar-refractivity contribution is -0.385. The Kier molecular flexibility index (Phi) is 7.39. The Hall–Kier alpha value is -1.55. The normalized spacial score (nSPS) is 11.5. The van der Waals surface area contributed by atoms with Gasteiger partial charge in [0.25, 0.3) is 5.69 Å². The summed E-state index contributed by atoms with van der Waals surface area (Å²) in [6, 6.07) is 3.88. The van der Waals surface area contributed by atoms with Crippen LogP contribution in [0.15, 0.2) is 23.1 Å². The molecule has 9 heteroatoms. The number of nitro benzene ring substituents is 1. The topological polar surface area (TPSA) is 111 Å². The minimum absolute atomic E-state index is 0.0407. The maximum Gasteiger partial charge on any atom is 0.270 e. The first-order chi connectivity index (χ1) is 10.4. The quantitative estimate of drug-likeness (QED) is 0.370. The van der Waals surface area contributed by atoms with Crippen molar-refractivity contribution in [2.45, 2.75) is 18.2 Å². The summed E-state index contributed by atoms with van der Waals surface area (Å²) in [4.78, 5) is 10.2. The molecule has 0 amide bonds. The maximum absolute atomic E-state index is 12.3. The number of benzene rings is 1. The average molecular weight is 331 g/mol. The predicted molar refractivity (Wildman–Crippen MR) is 82.4 cm³/mol. The number of non-ortho nitro benzene ring substituents is 1. The van der Waals surface area contributed by atoms with E-state index in [0.29, 0.717) is 31.7 Å². The van der Waals surface area contributed by atoms with Gasteiger partial charge in [0.1, 0.15) is 0 Å². The summed E-state index contributed by atoms with van der Waals surface area (Å²) in [6.07, 6.45) is 0.473. The van der Waals surface area contributed by atoms with Gasteiger partial charge in [-0.25, -0.2) is 13.1 Å². The fourth-order valence-electron chi connectivity index (χ4n) is 1.85. The number of nitro groups is 1. The molecule has 22 heavy (non-hydrogen) atoms. The molecular weight excluding hydrogens is 310 g/mol. The number of aryl methyl sites for hydroxylation is 1. The van der Waals surface area contributed by atoms with Gasteiger partial charge in [-0.3, -0.25) is 10.1 Å². The Labute approximate surface area is 130 Å². The highest BCUT2D eigenvalue weighted by atomic mass is 32.2. The van der Waals surface area contributed by atoms with Gasteiger partial charge in [-0.05, 0) is 12.0 Å². The van der Waals surface area contributed by atoms with E-state index in [0.717, 1.165) is 6.07 Å². The second kappa shape index (κ2) is 8.79. The molecule has 0 saturated heterocycles. The van der Waals surface area contributed by atoms with Gasteiger partial charge in [0.15, 0.2) is 0 Å². The van der Waals surface area contributed by atoms with Crippen molar-refractivity contribution in [3.05, 3.63) is 33.9 Å². The fraction of sp³-hybridized carbons (Fsp3) is 0.538. The number of ether oxygens (including phenoxy) is 1. The molecule has 0 aliphatic heterocycles. The first kappa shape index (κ1) is 18.5. The van der Waals surface area contributed by atoms with Gasteiger partial charge in [0, 0.05) is 38.9 Å². The van der Waals surface area contributed by atoms with E-state index in [2.05, 4.69) is 10.0 Å². The van der Waals surface area contributed by atoms with Crippen LogP contribution in [-0.2, 0) is 21.2 Å². The molecule has 1 rings (SSSR count). The molecule has 1 aromatic rings. The highest BCUT2D eigenvalue weighted by molar-refractivity contribution is 7.89. The summed E-state index contributed by atoms with van der Waals surface area (Å²) < 4.78 is 31.9. The largest absolute Gasteiger partial charge is 0.383 e. The Morgan fingerprint density at radius 1 is 1.27 bits per heavy atom. The minimum atomic E-state index is -3.78. The van der Waals surface area contributed by atoms with Crippen LogP contribution in [0.3, 0.4) is 0 Å². The van der Waals surface area contributed by atoms with Crippen molar-refractivity contribution >= 4 is 15.7 Å². The van der Waals surface area contributed by atoms with Gasteiger partial charge < -0.3 is 10.1 Å². The molecule has 0 atom stereocenters. The first-order valence-electron chi connectivity index (χ1n) is 6.89. The SMILES string of the molecule is CCc1ccc([N+](=O)[O-])cc1S(=O)(=O)NCCNCCOC. The molecule has 0 radical (unpaired) electrons. The van der Waals surface area contributed by atoms with Gasteiger partial charge in [-0.1, -0.05) is 13.0 Å². The van der Waals surface area contributed by atoms with E-state index in [-0.39, 0.29) is 17.1 Å². The van der Waals surface area contributed by atoms with E-state index in [1.165, 1.54) is 12.1 Å². The van der Waals surface area contributed by atoms with Crippen molar-refractivity contribution < 1.29 is 18.1 Å². The Bertz CT molecular complexity index is 604. The molecule has 0 unspecified atom stereocenters. The number of sulfonamides is 1. The van der Waals surface area contributed by atoms with Crippen molar-refractivity contribution in [2.24, 2.45) is 0 Å². The summed E-state index contributed by atoms with van der Waals surface area (Å²) in [7, 11) is -2.20. The molecule has 0 aliphatic rings. The average Bonchev–Trinajstić information content (AvgIpc) is 2.50. The molecule has 0 spiro atoms. The smallest absolute Gasteiger partial charge is 0.270 e. The highest BCUT2D eigenvalue weighted by Crippen LogP contribution is 2.22. The Morgan fingerprint density at radius 3 is 2.59 bits per heavy atom. The molecule has 1 aromatic carbocycles. The Balaban J connectivity index is 2.78. The lowest BCUT2D eigenvalue weighted by Gasteiger charge is -2.11. The van der Waals surface area contributed by atoms with Crippen LogP contribution >= 0.6 is 0 Å². The van der Waals surface area contributed by atoms with Crippen LogP contribution in [0.4, 0.5) is 5.69 Å². The molecule has 0 aromatic heterocycles. The maximum atomic E-state index is 12.3. The summed E-state index contributed by atoms with van der Waals surface area (Å²) in [5, 5.41) is 13.8. The van der Waals surface area contributed by atoms with Gasteiger partial charge in [-0.2, -0.15) is 0 Å². The third-order valence-corrected chi connectivity index (χ3v) is 4.55. The monoisotopic (exact) mass is 331 g/mol. The van der Waals surface area contributed by atoms with Crippen LogP contribution in [0.2, 0.25) is 0 Å². The Morgan fingerprint density at radius 2 is 2.00 bits per heavy atom. The van der Waals surface area contributed by atoms with E-state index in [9.17, 15) is 18.5 Å². The first-order valence-corrected chi connectivity index (χ1v) is 8.37. The second-order valence-electron chi connectivity index (χ2n) is 4.54. The standard InChI is InChI=1S/C13H21N3O5S/c1-3-11-4-5-12(16(17)18)10-13(11)22(19,20)15-7-6-14-8-9-21-2/h4-5,10,14-15H,3,6-9H2,1-2H3. The van der Waals surface area contributed by atoms with Crippen LogP contribution < -0.4 is 10.0 Å². The predicted octanol–water partition coefficient (Wildman–Crippen LogP) is 0.671. The number of rotatable bonds is 10. The summed E-state index contributed by atoms with van der Waals surface area (Å²) >= 11 is 0. The van der Waals surface area contributed by atoms with E-state index < -0.39 is 14.9 Å². The van der Waals surface area contributed by atoms with Gasteiger partial charge >= 0.3 is 0 Å². The number of hydrogen-bond donors (Lipinski definition) is 2. The minimum Gasteiger partial charge on any atom is -0.383 e. The molecule has 8 nitrogen and oxygen atoms in total. The molecule has 0 fully saturated rings. The van der Waals surface area contributed by atoms with Crippen LogP contribution in [0.5, 0.6) is 0 Å².